The standard InChI is InChI=1S/C17H15N3O3/c18-10-9-16(22)19-11-12-5-1-3-7-14(12)20-17(23)13-6-2-4-8-15(13)21/h1-8,21H,9,11H2,(H,19,22)(H,20,23). The summed E-state index contributed by atoms with van der Waals surface area (Å²) < 4.78 is 0. The summed E-state index contributed by atoms with van der Waals surface area (Å²) in [6.07, 6.45) is -0.216. The minimum Gasteiger partial charge on any atom is -0.507 e. The number of rotatable bonds is 5. The molecule has 6 heteroatoms. The van der Waals surface area contributed by atoms with Gasteiger partial charge in [-0.05, 0) is 23.8 Å². The molecule has 0 aliphatic rings. The molecular weight excluding hydrogens is 294 g/mol. The number of para-hydroxylation sites is 2. The fourth-order valence-corrected chi connectivity index (χ4v) is 1.98. The summed E-state index contributed by atoms with van der Waals surface area (Å²) in [5.41, 5.74) is 1.39. The fourth-order valence-electron chi connectivity index (χ4n) is 1.98. The molecule has 0 aliphatic carbocycles. The van der Waals surface area contributed by atoms with E-state index >= 15 is 0 Å². The van der Waals surface area contributed by atoms with Gasteiger partial charge in [0.25, 0.3) is 5.91 Å². The van der Waals surface area contributed by atoms with Gasteiger partial charge in [0.05, 0.1) is 11.6 Å². The first-order chi connectivity index (χ1) is 11.1. The topological polar surface area (TPSA) is 102 Å². The molecule has 0 fully saturated rings. The number of carbonyl (C=O) groups excluding carboxylic acids is 2. The van der Waals surface area contributed by atoms with E-state index in [9.17, 15) is 14.7 Å². The zero-order chi connectivity index (χ0) is 16.7. The number of anilines is 1. The third kappa shape index (κ3) is 4.32. The molecule has 2 aromatic rings. The average Bonchev–Trinajstić information content (AvgIpc) is 2.54. The van der Waals surface area contributed by atoms with E-state index in [1.165, 1.54) is 12.1 Å². The summed E-state index contributed by atoms with van der Waals surface area (Å²) in [5, 5.41) is 23.5. The molecule has 0 aromatic heterocycles. The van der Waals surface area contributed by atoms with Crippen LogP contribution in [-0.4, -0.2) is 16.9 Å². The van der Waals surface area contributed by atoms with Crippen molar-refractivity contribution in [1.29, 1.82) is 5.26 Å². The number of phenolic OH excluding ortho intramolecular Hbond substituents is 1. The van der Waals surface area contributed by atoms with E-state index in [4.69, 9.17) is 5.26 Å². The predicted molar refractivity (Wildman–Crippen MR) is 84.6 cm³/mol. The van der Waals surface area contributed by atoms with Crippen molar-refractivity contribution in [3.63, 3.8) is 0 Å². The quantitative estimate of drug-likeness (QED) is 0.787. The Morgan fingerprint density at radius 2 is 1.78 bits per heavy atom. The molecule has 0 radical (unpaired) electrons. The molecule has 2 rings (SSSR count). The third-order valence-electron chi connectivity index (χ3n) is 3.13. The van der Waals surface area contributed by atoms with Gasteiger partial charge in [0.2, 0.25) is 5.91 Å². The number of amides is 2. The second-order valence-electron chi connectivity index (χ2n) is 4.74. The number of hydrogen-bond donors (Lipinski definition) is 3. The largest absolute Gasteiger partial charge is 0.507 e. The molecule has 116 valence electrons. The summed E-state index contributed by atoms with van der Waals surface area (Å²) in [7, 11) is 0. The van der Waals surface area contributed by atoms with Crippen LogP contribution in [0.4, 0.5) is 5.69 Å². The second-order valence-corrected chi connectivity index (χ2v) is 4.74. The zero-order valence-electron chi connectivity index (χ0n) is 12.2. The van der Waals surface area contributed by atoms with E-state index in [2.05, 4.69) is 10.6 Å². The van der Waals surface area contributed by atoms with E-state index in [1.807, 2.05) is 0 Å². The van der Waals surface area contributed by atoms with Gasteiger partial charge in [-0.2, -0.15) is 5.26 Å². The van der Waals surface area contributed by atoms with Crippen LogP contribution in [0.25, 0.3) is 0 Å². The maximum Gasteiger partial charge on any atom is 0.259 e. The van der Waals surface area contributed by atoms with Crippen LogP contribution < -0.4 is 10.6 Å². The van der Waals surface area contributed by atoms with Gasteiger partial charge in [-0.1, -0.05) is 30.3 Å². The minimum absolute atomic E-state index is 0.107. The summed E-state index contributed by atoms with van der Waals surface area (Å²) in [6.45, 7) is 0.192. The predicted octanol–water partition coefficient (Wildman–Crippen LogP) is 2.17. The molecule has 3 N–H and O–H groups in total. The Bertz CT molecular complexity index is 766. The molecule has 0 spiro atoms. The molecule has 23 heavy (non-hydrogen) atoms. The lowest BCUT2D eigenvalue weighted by Crippen LogP contribution is -2.23. The van der Waals surface area contributed by atoms with Gasteiger partial charge in [0, 0.05) is 12.2 Å². The number of nitrogens with one attached hydrogen (secondary N) is 2. The number of aromatic hydroxyl groups is 1. The van der Waals surface area contributed by atoms with Crippen LogP contribution in [0.1, 0.15) is 22.3 Å². The second kappa shape index (κ2) is 7.61. The number of carbonyl (C=O) groups is 2. The van der Waals surface area contributed by atoms with Crippen molar-refractivity contribution in [2.75, 3.05) is 5.32 Å². The molecule has 0 saturated carbocycles. The van der Waals surface area contributed by atoms with Crippen molar-refractivity contribution in [3.8, 4) is 11.8 Å². The Morgan fingerprint density at radius 1 is 1.09 bits per heavy atom. The molecule has 6 nitrogen and oxygen atoms in total. The number of nitrogens with zero attached hydrogens (tertiary/aromatic N) is 1. The van der Waals surface area contributed by atoms with Gasteiger partial charge in [-0.15, -0.1) is 0 Å². The van der Waals surface area contributed by atoms with Crippen LogP contribution >= 0.6 is 0 Å². The zero-order valence-corrected chi connectivity index (χ0v) is 12.2. The van der Waals surface area contributed by atoms with Gasteiger partial charge in [0.15, 0.2) is 0 Å². The Kier molecular flexibility index (Phi) is 5.31. The van der Waals surface area contributed by atoms with E-state index in [-0.39, 0.29) is 30.2 Å². The van der Waals surface area contributed by atoms with Gasteiger partial charge in [-0.3, -0.25) is 9.59 Å². The van der Waals surface area contributed by atoms with Gasteiger partial charge in [-0.25, -0.2) is 0 Å². The van der Waals surface area contributed by atoms with Gasteiger partial charge >= 0.3 is 0 Å². The lowest BCUT2D eigenvalue weighted by molar-refractivity contribution is -0.120. The summed E-state index contributed by atoms with van der Waals surface area (Å²) in [6, 6.07) is 15.0. The number of benzene rings is 2. The van der Waals surface area contributed by atoms with Crippen LogP contribution in [0.15, 0.2) is 48.5 Å². The molecule has 0 aliphatic heterocycles. The van der Waals surface area contributed by atoms with Crippen LogP contribution in [0, 0.1) is 11.3 Å². The third-order valence-corrected chi connectivity index (χ3v) is 3.13. The highest BCUT2D eigenvalue weighted by Crippen LogP contribution is 2.20. The maximum atomic E-state index is 12.2. The van der Waals surface area contributed by atoms with E-state index in [0.717, 1.165) is 0 Å². The molecule has 0 bridgehead atoms. The molecule has 0 heterocycles. The first kappa shape index (κ1) is 16.0. The van der Waals surface area contributed by atoms with Crippen molar-refractivity contribution in [2.45, 2.75) is 13.0 Å². The maximum absolute atomic E-state index is 12.2. The monoisotopic (exact) mass is 309 g/mol. The Balaban J connectivity index is 2.11. The molecular formula is C17H15N3O3. The van der Waals surface area contributed by atoms with E-state index in [0.29, 0.717) is 11.3 Å². The van der Waals surface area contributed by atoms with E-state index < -0.39 is 5.91 Å². The summed E-state index contributed by atoms with van der Waals surface area (Å²) in [5.74, 6) is -0.932. The van der Waals surface area contributed by atoms with Gasteiger partial charge in [0.1, 0.15) is 12.2 Å². The van der Waals surface area contributed by atoms with Crippen LogP contribution in [0.2, 0.25) is 0 Å². The highest BCUT2D eigenvalue weighted by molar-refractivity contribution is 6.06. The molecule has 2 amide bonds. The first-order valence-corrected chi connectivity index (χ1v) is 6.92. The highest BCUT2D eigenvalue weighted by Gasteiger charge is 2.12. The lowest BCUT2D eigenvalue weighted by Gasteiger charge is -2.12. The van der Waals surface area contributed by atoms with Crippen molar-refractivity contribution in [2.24, 2.45) is 0 Å². The smallest absolute Gasteiger partial charge is 0.259 e. The lowest BCUT2D eigenvalue weighted by atomic mass is 10.1. The van der Waals surface area contributed by atoms with Gasteiger partial charge < -0.3 is 15.7 Å². The Labute approximate surface area is 133 Å². The SMILES string of the molecule is N#CCC(=O)NCc1ccccc1NC(=O)c1ccccc1O. The van der Waals surface area contributed by atoms with Crippen LogP contribution in [-0.2, 0) is 11.3 Å². The Morgan fingerprint density at radius 3 is 2.52 bits per heavy atom. The average molecular weight is 309 g/mol. The Hall–Kier alpha value is -3.33. The number of phenols is 1. The van der Waals surface area contributed by atoms with Crippen molar-refractivity contribution >= 4 is 17.5 Å². The number of nitriles is 1. The minimum atomic E-state index is -0.445. The molecule has 0 saturated heterocycles. The highest BCUT2D eigenvalue weighted by atomic mass is 16.3. The first-order valence-electron chi connectivity index (χ1n) is 6.92. The fraction of sp³-hybridized carbons (Fsp3) is 0.118. The summed E-state index contributed by atoms with van der Waals surface area (Å²) in [4.78, 5) is 23.6. The normalized spacial score (nSPS) is 9.70. The molecule has 0 atom stereocenters. The van der Waals surface area contributed by atoms with Crippen molar-refractivity contribution < 1.29 is 14.7 Å². The van der Waals surface area contributed by atoms with Crippen molar-refractivity contribution in [3.05, 3.63) is 59.7 Å². The molecule has 0 unspecified atom stereocenters. The molecule has 2 aromatic carbocycles. The van der Waals surface area contributed by atoms with E-state index in [1.54, 1.807) is 42.5 Å². The van der Waals surface area contributed by atoms with Crippen LogP contribution in [0.3, 0.4) is 0 Å². The summed E-state index contributed by atoms with van der Waals surface area (Å²) >= 11 is 0. The van der Waals surface area contributed by atoms with Crippen molar-refractivity contribution in [1.82, 2.24) is 5.32 Å². The van der Waals surface area contributed by atoms with Crippen LogP contribution in [0.5, 0.6) is 5.75 Å². The number of hydrogen-bond acceptors (Lipinski definition) is 4.